The molecular formula is C27H26N2O5. The summed E-state index contributed by atoms with van der Waals surface area (Å²) in [5.41, 5.74) is 3.13. The van der Waals surface area contributed by atoms with Gasteiger partial charge in [-0.3, -0.25) is 9.59 Å². The van der Waals surface area contributed by atoms with Crippen molar-refractivity contribution in [3.05, 3.63) is 83.6 Å². The highest BCUT2D eigenvalue weighted by molar-refractivity contribution is 6.46. The van der Waals surface area contributed by atoms with Crippen LogP contribution in [0.15, 0.2) is 72.4 Å². The minimum absolute atomic E-state index is 0.183. The van der Waals surface area contributed by atoms with Crippen LogP contribution >= 0.6 is 0 Å². The van der Waals surface area contributed by atoms with Crippen molar-refractivity contribution in [2.24, 2.45) is 0 Å². The Kier molecular flexibility index (Phi) is 6.54. The van der Waals surface area contributed by atoms with E-state index in [1.807, 2.05) is 32.0 Å². The summed E-state index contributed by atoms with van der Waals surface area (Å²) >= 11 is 0. The molecule has 0 saturated heterocycles. The van der Waals surface area contributed by atoms with Crippen molar-refractivity contribution < 1.29 is 23.8 Å². The number of methoxy groups -OCH3 is 2. The van der Waals surface area contributed by atoms with Crippen LogP contribution in [-0.4, -0.2) is 32.6 Å². The number of ether oxygens (including phenoxy) is 3. The van der Waals surface area contributed by atoms with Crippen LogP contribution in [0, 0.1) is 6.92 Å². The lowest BCUT2D eigenvalue weighted by atomic mass is 10.0. The van der Waals surface area contributed by atoms with Gasteiger partial charge < -0.3 is 19.5 Å². The molecule has 1 heterocycles. The van der Waals surface area contributed by atoms with Gasteiger partial charge in [-0.1, -0.05) is 24.3 Å². The molecule has 0 bridgehead atoms. The highest BCUT2D eigenvalue weighted by atomic mass is 16.5. The second kappa shape index (κ2) is 9.70. The zero-order chi connectivity index (χ0) is 24.2. The predicted octanol–water partition coefficient (Wildman–Crippen LogP) is 4.81. The molecule has 0 atom stereocenters. The number of carbonyl (C=O) groups excluding carboxylic acids is 2. The molecule has 0 unspecified atom stereocenters. The van der Waals surface area contributed by atoms with Crippen LogP contribution < -0.4 is 24.4 Å². The topological polar surface area (TPSA) is 77.1 Å². The fraction of sp³-hybridized carbons (Fsp3) is 0.185. The normalized spacial score (nSPS) is 13.4. The lowest BCUT2D eigenvalue weighted by Crippen LogP contribution is -2.32. The van der Waals surface area contributed by atoms with E-state index in [1.165, 1.54) is 12.0 Å². The second-order valence-corrected chi connectivity index (χ2v) is 7.69. The molecule has 3 aromatic rings. The van der Waals surface area contributed by atoms with Crippen LogP contribution in [0.1, 0.15) is 18.1 Å². The lowest BCUT2D eigenvalue weighted by Gasteiger charge is -2.16. The molecule has 174 valence electrons. The Bertz CT molecular complexity index is 1260. The van der Waals surface area contributed by atoms with Crippen LogP contribution in [0.4, 0.5) is 11.4 Å². The maximum absolute atomic E-state index is 13.6. The van der Waals surface area contributed by atoms with E-state index in [4.69, 9.17) is 14.2 Å². The summed E-state index contributed by atoms with van der Waals surface area (Å²) in [5.74, 6) is 0.914. The van der Waals surface area contributed by atoms with Crippen molar-refractivity contribution in [1.82, 2.24) is 0 Å². The summed E-state index contributed by atoms with van der Waals surface area (Å²) in [7, 11) is 3.09. The van der Waals surface area contributed by atoms with Gasteiger partial charge in [-0.2, -0.15) is 0 Å². The van der Waals surface area contributed by atoms with Crippen LogP contribution in [0.3, 0.4) is 0 Å². The van der Waals surface area contributed by atoms with Gasteiger partial charge in [-0.05, 0) is 61.4 Å². The first-order chi connectivity index (χ1) is 16.5. The molecule has 4 rings (SSSR count). The minimum Gasteiger partial charge on any atom is -0.494 e. The van der Waals surface area contributed by atoms with Crippen molar-refractivity contribution in [2.75, 3.05) is 31.0 Å². The molecule has 3 aromatic carbocycles. The van der Waals surface area contributed by atoms with Gasteiger partial charge in [-0.15, -0.1) is 0 Å². The molecule has 0 radical (unpaired) electrons. The molecule has 1 aliphatic heterocycles. The van der Waals surface area contributed by atoms with E-state index < -0.39 is 11.8 Å². The second-order valence-electron chi connectivity index (χ2n) is 7.69. The van der Waals surface area contributed by atoms with Crippen LogP contribution in [-0.2, 0) is 9.59 Å². The maximum atomic E-state index is 13.6. The molecule has 0 saturated carbocycles. The van der Waals surface area contributed by atoms with Gasteiger partial charge >= 0.3 is 0 Å². The molecular weight excluding hydrogens is 432 g/mol. The van der Waals surface area contributed by atoms with E-state index in [0.717, 1.165) is 5.56 Å². The third-order valence-corrected chi connectivity index (χ3v) is 5.45. The van der Waals surface area contributed by atoms with E-state index in [1.54, 1.807) is 55.6 Å². The van der Waals surface area contributed by atoms with Crippen LogP contribution in [0.25, 0.3) is 5.57 Å². The zero-order valence-electron chi connectivity index (χ0n) is 19.5. The summed E-state index contributed by atoms with van der Waals surface area (Å²) in [6.07, 6.45) is 0. The van der Waals surface area contributed by atoms with Crippen molar-refractivity contribution in [1.29, 1.82) is 0 Å². The third-order valence-electron chi connectivity index (χ3n) is 5.45. The van der Waals surface area contributed by atoms with E-state index in [9.17, 15) is 9.59 Å². The van der Waals surface area contributed by atoms with Crippen molar-refractivity contribution in [2.45, 2.75) is 13.8 Å². The molecule has 7 heteroatoms. The number of nitrogens with zero attached hydrogens (tertiary/aromatic N) is 1. The maximum Gasteiger partial charge on any atom is 0.282 e. The number of imide groups is 1. The number of hydrogen-bond acceptors (Lipinski definition) is 6. The highest BCUT2D eigenvalue weighted by Gasteiger charge is 2.40. The Balaban J connectivity index is 1.80. The van der Waals surface area contributed by atoms with Crippen LogP contribution in [0.5, 0.6) is 17.2 Å². The number of benzene rings is 3. The molecule has 0 aromatic heterocycles. The number of anilines is 2. The smallest absolute Gasteiger partial charge is 0.282 e. The van der Waals surface area contributed by atoms with E-state index in [0.29, 0.717) is 40.8 Å². The monoisotopic (exact) mass is 458 g/mol. The first kappa shape index (κ1) is 22.9. The summed E-state index contributed by atoms with van der Waals surface area (Å²) in [6.45, 7) is 4.35. The van der Waals surface area contributed by atoms with E-state index in [-0.39, 0.29) is 11.3 Å². The molecule has 7 nitrogen and oxygen atoms in total. The number of aryl methyl sites for hydroxylation is 1. The standard InChI is InChI=1S/C27H26N2O5/c1-5-34-21-12-9-18(10-13-21)24-25(28-19-11-14-22(32-3)23(16-19)33-4)27(31)29(26(24)30)20-8-6-7-17(2)15-20/h6-16,28H,5H2,1-4H3. The number of hydrogen-bond donors (Lipinski definition) is 1. The molecule has 34 heavy (non-hydrogen) atoms. The van der Waals surface area contributed by atoms with Gasteiger partial charge in [0, 0.05) is 11.8 Å². The molecule has 1 N–H and O–H groups in total. The van der Waals surface area contributed by atoms with Gasteiger partial charge in [0.2, 0.25) is 0 Å². The predicted molar refractivity (Wildman–Crippen MR) is 131 cm³/mol. The summed E-state index contributed by atoms with van der Waals surface area (Å²) in [4.78, 5) is 28.4. The first-order valence-electron chi connectivity index (χ1n) is 10.9. The summed E-state index contributed by atoms with van der Waals surface area (Å²) < 4.78 is 16.2. The van der Waals surface area contributed by atoms with Gasteiger partial charge in [0.1, 0.15) is 11.4 Å². The Hall–Kier alpha value is -4.26. The van der Waals surface area contributed by atoms with Gasteiger partial charge in [0.25, 0.3) is 11.8 Å². The van der Waals surface area contributed by atoms with Gasteiger partial charge in [0.05, 0.1) is 32.1 Å². The number of carbonyl (C=O) groups is 2. The van der Waals surface area contributed by atoms with Crippen molar-refractivity contribution >= 4 is 28.8 Å². The fourth-order valence-electron chi connectivity index (χ4n) is 3.86. The molecule has 2 amide bonds. The Morgan fingerprint density at radius 3 is 2.24 bits per heavy atom. The number of rotatable bonds is 8. The molecule has 0 spiro atoms. The minimum atomic E-state index is -0.436. The average molecular weight is 459 g/mol. The third kappa shape index (κ3) is 4.32. The number of amides is 2. The van der Waals surface area contributed by atoms with Crippen molar-refractivity contribution in [3.63, 3.8) is 0 Å². The highest BCUT2D eigenvalue weighted by Crippen LogP contribution is 2.36. The molecule has 0 fully saturated rings. The average Bonchev–Trinajstić information content (AvgIpc) is 3.08. The quantitative estimate of drug-likeness (QED) is 0.489. The molecule has 0 aliphatic carbocycles. The van der Waals surface area contributed by atoms with E-state index >= 15 is 0 Å². The number of nitrogens with one attached hydrogen (secondary N) is 1. The van der Waals surface area contributed by atoms with Crippen LogP contribution in [0.2, 0.25) is 0 Å². The Labute approximate surface area is 198 Å². The van der Waals surface area contributed by atoms with Gasteiger partial charge in [0.15, 0.2) is 11.5 Å². The Morgan fingerprint density at radius 2 is 1.59 bits per heavy atom. The zero-order valence-corrected chi connectivity index (χ0v) is 19.5. The van der Waals surface area contributed by atoms with Crippen molar-refractivity contribution in [3.8, 4) is 17.2 Å². The fourth-order valence-corrected chi connectivity index (χ4v) is 3.86. The lowest BCUT2D eigenvalue weighted by molar-refractivity contribution is -0.120. The first-order valence-corrected chi connectivity index (χ1v) is 10.9. The summed E-state index contributed by atoms with van der Waals surface area (Å²) in [6, 6.07) is 19.6. The summed E-state index contributed by atoms with van der Waals surface area (Å²) in [5, 5.41) is 3.15. The van der Waals surface area contributed by atoms with Gasteiger partial charge in [-0.25, -0.2) is 4.90 Å². The molecule has 1 aliphatic rings. The largest absolute Gasteiger partial charge is 0.494 e. The van der Waals surface area contributed by atoms with E-state index in [2.05, 4.69) is 5.32 Å². The SMILES string of the molecule is CCOc1ccc(C2=C(Nc3ccc(OC)c(OC)c3)C(=O)N(c3cccc(C)c3)C2=O)cc1. The Morgan fingerprint density at radius 1 is 0.853 bits per heavy atom.